The Morgan fingerprint density at radius 3 is 2.80 bits per heavy atom. The Morgan fingerprint density at radius 1 is 1.20 bits per heavy atom. The van der Waals surface area contributed by atoms with E-state index in [1.807, 2.05) is 30.3 Å². The van der Waals surface area contributed by atoms with Crippen LogP contribution in [0.25, 0.3) is 6.08 Å². The van der Waals surface area contributed by atoms with Crippen LogP contribution in [0.15, 0.2) is 30.1 Å². The summed E-state index contributed by atoms with van der Waals surface area (Å²) in [6.07, 6.45) is 1.93. The molecule has 0 aliphatic carbocycles. The van der Waals surface area contributed by atoms with Crippen LogP contribution in [0.3, 0.4) is 0 Å². The maximum atomic E-state index is 11.2. The third-order valence-corrected chi connectivity index (χ3v) is 3.10. The van der Waals surface area contributed by atoms with Crippen LogP contribution in [0.4, 0.5) is 0 Å². The molecule has 0 N–H and O–H groups in total. The Morgan fingerprint density at radius 2 is 2.00 bits per heavy atom. The molecule has 0 radical (unpaired) electrons. The molecule has 1 unspecified atom stereocenters. The molecular weight excluding hydrogens is 143 g/mol. The van der Waals surface area contributed by atoms with Crippen LogP contribution < -0.4 is 5.30 Å². The lowest BCUT2D eigenvalue weighted by Crippen LogP contribution is -1.94. The van der Waals surface area contributed by atoms with E-state index >= 15 is 0 Å². The molecule has 10 heavy (non-hydrogen) atoms. The Labute approximate surface area is 60.2 Å². The van der Waals surface area contributed by atoms with Crippen LogP contribution in [0.2, 0.25) is 0 Å². The molecule has 1 aromatic carbocycles. The first-order valence-electron chi connectivity index (χ1n) is 3.19. The van der Waals surface area contributed by atoms with Crippen LogP contribution in [-0.2, 0) is 4.57 Å². The van der Waals surface area contributed by atoms with Gasteiger partial charge in [-0.1, -0.05) is 30.3 Å². The number of benzene rings is 1. The van der Waals surface area contributed by atoms with Gasteiger partial charge in [0.2, 0.25) is 0 Å². The number of hydrogen-bond acceptors (Lipinski definition) is 1. The predicted molar refractivity (Wildman–Crippen MR) is 44.1 cm³/mol. The predicted octanol–water partition coefficient (Wildman–Crippen LogP) is 1.86. The first kappa shape index (κ1) is 5.94. The van der Waals surface area contributed by atoms with Gasteiger partial charge in [-0.2, -0.15) is 0 Å². The highest BCUT2D eigenvalue weighted by molar-refractivity contribution is 7.57. The van der Waals surface area contributed by atoms with E-state index in [1.54, 1.807) is 5.82 Å². The topological polar surface area (TPSA) is 17.1 Å². The van der Waals surface area contributed by atoms with Crippen LogP contribution in [0, 0.1) is 0 Å². The summed E-state index contributed by atoms with van der Waals surface area (Å²) < 4.78 is 11.2. The van der Waals surface area contributed by atoms with Crippen LogP contribution in [0.5, 0.6) is 0 Å². The van der Waals surface area contributed by atoms with Gasteiger partial charge in [0, 0.05) is 5.30 Å². The summed E-state index contributed by atoms with van der Waals surface area (Å²) in [5, 5.41) is 1.01. The molecule has 2 rings (SSSR count). The summed E-state index contributed by atoms with van der Waals surface area (Å²) in [4.78, 5) is 0. The van der Waals surface area contributed by atoms with Gasteiger partial charge in [0.1, 0.15) is 7.80 Å². The van der Waals surface area contributed by atoms with Gasteiger partial charge in [-0.15, -0.1) is 0 Å². The lowest BCUT2D eigenvalue weighted by atomic mass is 10.2. The largest absolute Gasteiger partial charge is 0.318 e. The van der Waals surface area contributed by atoms with Crippen molar-refractivity contribution in [2.24, 2.45) is 0 Å². The molecule has 1 heterocycles. The smallest absolute Gasteiger partial charge is 0.125 e. The summed E-state index contributed by atoms with van der Waals surface area (Å²) in [6.45, 7) is 0. The summed E-state index contributed by atoms with van der Waals surface area (Å²) in [5.41, 5.74) is 1.12. The SMILES string of the molecule is O=[PH]1C=Cc2ccccc21. The molecule has 2 heteroatoms. The molecule has 1 aliphatic rings. The van der Waals surface area contributed by atoms with Crippen molar-refractivity contribution in [1.82, 2.24) is 0 Å². The molecule has 1 atom stereocenters. The highest BCUT2D eigenvalue weighted by Gasteiger charge is 2.08. The van der Waals surface area contributed by atoms with Crippen molar-refractivity contribution in [1.29, 1.82) is 0 Å². The molecule has 0 spiro atoms. The van der Waals surface area contributed by atoms with Crippen LogP contribution in [-0.4, -0.2) is 0 Å². The molecule has 0 saturated heterocycles. The summed E-state index contributed by atoms with van der Waals surface area (Å²) in [5.74, 6) is 1.79. The van der Waals surface area contributed by atoms with E-state index in [0.29, 0.717) is 0 Å². The van der Waals surface area contributed by atoms with E-state index in [4.69, 9.17) is 0 Å². The molecule has 1 aromatic rings. The first-order chi connectivity index (χ1) is 4.88. The first-order valence-corrected chi connectivity index (χ1v) is 4.68. The van der Waals surface area contributed by atoms with E-state index < -0.39 is 7.80 Å². The second-order valence-electron chi connectivity index (χ2n) is 2.28. The van der Waals surface area contributed by atoms with Crippen molar-refractivity contribution in [2.45, 2.75) is 0 Å². The second-order valence-corrected chi connectivity index (χ2v) is 3.89. The van der Waals surface area contributed by atoms with E-state index in [-0.39, 0.29) is 0 Å². The van der Waals surface area contributed by atoms with E-state index in [1.165, 1.54) is 0 Å². The quantitative estimate of drug-likeness (QED) is 0.516. The van der Waals surface area contributed by atoms with Crippen molar-refractivity contribution in [3.8, 4) is 0 Å². The fraction of sp³-hybridized carbons (Fsp3) is 0. The summed E-state index contributed by atoms with van der Waals surface area (Å²) >= 11 is 0. The Balaban J connectivity index is 2.70. The Bertz CT molecular complexity index is 315. The minimum Gasteiger partial charge on any atom is -0.318 e. The van der Waals surface area contributed by atoms with Crippen molar-refractivity contribution < 1.29 is 4.57 Å². The Hall–Kier alpha value is -0.810. The van der Waals surface area contributed by atoms with Crippen molar-refractivity contribution in [2.75, 3.05) is 0 Å². The molecule has 1 nitrogen and oxygen atoms in total. The van der Waals surface area contributed by atoms with Gasteiger partial charge in [0.25, 0.3) is 0 Å². The second kappa shape index (κ2) is 2.10. The molecule has 0 fully saturated rings. The zero-order valence-corrected chi connectivity index (χ0v) is 6.37. The minimum atomic E-state index is -1.54. The third-order valence-electron chi connectivity index (χ3n) is 1.64. The lowest BCUT2D eigenvalue weighted by molar-refractivity contribution is 0.598. The lowest BCUT2D eigenvalue weighted by Gasteiger charge is -1.93. The molecule has 1 aliphatic heterocycles. The maximum Gasteiger partial charge on any atom is 0.125 e. The summed E-state index contributed by atoms with van der Waals surface area (Å²) in [6, 6.07) is 7.80. The minimum absolute atomic E-state index is 1.01. The zero-order chi connectivity index (χ0) is 6.97. The van der Waals surface area contributed by atoms with E-state index in [2.05, 4.69) is 0 Å². The normalized spacial score (nSPS) is 21.0. The van der Waals surface area contributed by atoms with Gasteiger partial charge in [-0.25, -0.2) is 0 Å². The molecule has 0 bridgehead atoms. The van der Waals surface area contributed by atoms with Crippen molar-refractivity contribution >= 4 is 19.2 Å². The monoisotopic (exact) mass is 150 g/mol. The van der Waals surface area contributed by atoms with Crippen LogP contribution in [0.1, 0.15) is 5.56 Å². The average molecular weight is 150 g/mol. The van der Waals surface area contributed by atoms with Gasteiger partial charge in [0.05, 0.1) is 0 Å². The van der Waals surface area contributed by atoms with Crippen molar-refractivity contribution in [3.63, 3.8) is 0 Å². The average Bonchev–Trinajstić information content (AvgIpc) is 2.34. The molecule has 50 valence electrons. The number of hydrogen-bond donors (Lipinski definition) is 0. The number of rotatable bonds is 0. The Kier molecular flexibility index (Phi) is 1.25. The molecular formula is C8H7OP. The zero-order valence-electron chi connectivity index (χ0n) is 5.37. The van der Waals surface area contributed by atoms with E-state index in [9.17, 15) is 4.57 Å². The highest BCUT2D eigenvalue weighted by Crippen LogP contribution is 2.30. The number of fused-ring (bicyclic) bond motifs is 1. The highest BCUT2D eigenvalue weighted by atomic mass is 31.1. The van der Waals surface area contributed by atoms with Crippen LogP contribution >= 0.6 is 7.80 Å². The van der Waals surface area contributed by atoms with Gasteiger partial charge >= 0.3 is 0 Å². The maximum absolute atomic E-state index is 11.2. The fourth-order valence-corrected chi connectivity index (χ4v) is 2.34. The summed E-state index contributed by atoms with van der Waals surface area (Å²) in [7, 11) is -1.54. The van der Waals surface area contributed by atoms with Crippen molar-refractivity contribution in [3.05, 3.63) is 35.6 Å². The van der Waals surface area contributed by atoms with Gasteiger partial charge in [0.15, 0.2) is 0 Å². The van der Waals surface area contributed by atoms with E-state index in [0.717, 1.165) is 10.9 Å². The standard InChI is InChI=1S/C8H7OP/c9-10-6-5-7-3-1-2-4-8(7)10/h1-6,10H. The third kappa shape index (κ3) is 0.748. The fourth-order valence-electron chi connectivity index (χ4n) is 1.12. The van der Waals surface area contributed by atoms with Gasteiger partial charge in [-0.05, 0) is 11.4 Å². The molecule has 0 aromatic heterocycles. The van der Waals surface area contributed by atoms with Gasteiger partial charge in [-0.3, -0.25) is 0 Å². The molecule has 0 amide bonds. The molecule has 0 saturated carbocycles. The van der Waals surface area contributed by atoms with Gasteiger partial charge < -0.3 is 4.57 Å².